The number of nitrogens with zero attached hydrogens (tertiary/aromatic N) is 1. The largest absolute Gasteiger partial charge is 0.497 e. The van der Waals surface area contributed by atoms with Crippen molar-refractivity contribution in [1.29, 1.82) is 0 Å². The highest BCUT2D eigenvalue weighted by molar-refractivity contribution is 7.19. The van der Waals surface area contributed by atoms with E-state index in [1.807, 2.05) is 24.3 Å². The lowest BCUT2D eigenvalue weighted by atomic mass is 9.94. The van der Waals surface area contributed by atoms with Crippen LogP contribution in [0.3, 0.4) is 0 Å². The zero-order chi connectivity index (χ0) is 19.2. The molecule has 0 aliphatic carbocycles. The molecule has 0 saturated carbocycles. The van der Waals surface area contributed by atoms with E-state index in [4.69, 9.17) is 15.2 Å². The lowest BCUT2D eigenvalue weighted by Crippen LogP contribution is -2.28. The summed E-state index contributed by atoms with van der Waals surface area (Å²) < 4.78 is 11.7. The Kier molecular flexibility index (Phi) is 4.19. The molecule has 1 aromatic heterocycles. The van der Waals surface area contributed by atoms with E-state index in [2.05, 4.69) is 50.0 Å². The summed E-state index contributed by atoms with van der Waals surface area (Å²) in [7, 11) is 1.67. The van der Waals surface area contributed by atoms with E-state index in [0.717, 1.165) is 38.8 Å². The van der Waals surface area contributed by atoms with Gasteiger partial charge in [-0.25, -0.2) is 4.98 Å². The van der Waals surface area contributed by atoms with Crippen molar-refractivity contribution < 1.29 is 9.47 Å². The van der Waals surface area contributed by atoms with E-state index in [0.29, 0.717) is 5.13 Å². The normalized spacial score (nSPS) is 14.5. The van der Waals surface area contributed by atoms with Gasteiger partial charge in [0.1, 0.15) is 17.1 Å². The van der Waals surface area contributed by atoms with Crippen molar-refractivity contribution in [2.75, 3.05) is 12.8 Å². The molecule has 0 atom stereocenters. The summed E-state index contributed by atoms with van der Waals surface area (Å²) in [6.45, 7) is 6.20. The number of ether oxygens (including phenoxy) is 2. The third kappa shape index (κ3) is 3.19. The summed E-state index contributed by atoms with van der Waals surface area (Å²) in [6.07, 6.45) is 4.23. The topological polar surface area (TPSA) is 57.4 Å². The second-order valence-corrected chi connectivity index (χ2v) is 8.20. The fourth-order valence-corrected chi connectivity index (χ4v) is 4.10. The maximum absolute atomic E-state index is 6.34. The van der Waals surface area contributed by atoms with Gasteiger partial charge in [0.15, 0.2) is 5.13 Å². The number of anilines is 1. The van der Waals surface area contributed by atoms with Crippen molar-refractivity contribution in [2.45, 2.75) is 26.4 Å². The van der Waals surface area contributed by atoms with Crippen molar-refractivity contribution in [1.82, 2.24) is 4.98 Å². The van der Waals surface area contributed by atoms with E-state index in [9.17, 15) is 0 Å². The van der Waals surface area contributed by atoms with Crippen LogP contribution in [0.25, 0.3) is 27.8 Å². The van der Waals surface area contributed by atoms with Crippen molar-refractivity contribution in [3.05, 3.63) is 53.6 Å². The summed E-state index contributed by atoms with van der Waals surface area (Å²) in [5, 5.41) is 0.530. The quantitative estimate of drug-likeness (QED) is 0.648. The average molecular weight is 378 g/mol. The van der Waals surface area contributed by atoms with Crippen LogP contribution >= 0.6 is 11.3 Å². The van der Waals surface area contributed by atoms with Crippen LogP contribution in [-0.2, 0) is 0 Å². The van der Waals surface area contributed by atoms with Gasteiger partial charge in [0, 0.05) is 11.1 Å². The lowest BCUT2D eigenvalue weighted by molar-refractivity contribution is 0.160. The number of hydrogen-bond acceptors (Lipinski definition) is 5. The minimum absolute atomic E-state index is 0.368. The fourth-order valence-electron chi connectivity index (χ4n) is 3.26. The van der Waals surface area contributed by atoms with Gasteiger partial charge in [-0.05, 0) is 56.2 Å². The molecule has 138 valence electrons. The number of fused-ring (bicyclic) bond motifs is 1. The van der Waals surface area contributed by atoms with Crippen LogP contribution in [0.2, 0.25) is 0 Å². The Morgan fingerprint density at radius 3 is 2.78 bits per heavy atom. The van der Waals surface area contributed by atoms with Crippen molar-refractivity contribution in [3.63, 3.8) is 0 Å². The van der Waals surface area contributed by atoms with Gasteiger partial charge in [-0.1, -0.05) is 35.6 Å². The first-order valence-electron chi connectivity index (χ1n) is 8.81. The third-order valence-corrected chi connectivity index (χ3v) is 5.59. The summed E-state index contributed by atoms with van der Waals surface area (Å²) in [5.74, 6) is 1.66. The van der Waals surface area contributed by atoms with Crippen LogP contribution in [0.4, 0.5) is 5.13 Å². The highest BCUT2D eigenvalue weighted by Crippen LogP contribution is 2.46. The second-order valence-electron chi connectivity index (χ2n) is 7.17. The predicted molar refractivity (Wildman–Crippen MR) is 112 cm³/mol. The molecule has 0 fully saturated rings. The molecule has 0 saturated heterocycles. The van der Waals surface area contributed by atoms with Gasteiger partial charge >= 0.3 is 0 Å². The molecule has 0 bridgehead atoms. The van der Waals surface area contributed by atoms with Gasteiger partial charge in [-0.2, -0.15) is 0 Å². The number of nitrogen functional groups attached to an aromatic ring is 1. The Bertz CT molecular complexity index is 1050. The van der Waals surface area contributed by atoms with Crippen LogP contribution in [-0.4, -0.2) is 17.7 Å². The lowest BCUT2D eigenvalue weighted by Gasteiger charge is -2.30. The first kappa shape index (κ1) is 17.6. The zero-order valence-corrected chi connectivity index (χ0v) is 16.7. The molecule has 0 unspecified atom stereocenters. The number of benzene rings is 2. The maximum Gasteiger partial charge on any atom is 0.181 e. The molecule has 27 heavy (non-hydrogen) atoms. The minimum Gasteiger partial charge on any atom is -0.497 e. The Hall–Kier alpha value is -2.79. The number of hydrogen-bond donors (Lipinski definition) is 1. The van der Waals surface area contributed by atoms with Gasteiger partial charge in [0.25, 0.3) is 0 Å². The van der Waals surface area contributed by atoms with Gasteiger partial charge < -0.3 is 15.2 Å². The standard InChI is InChI=1S/C22H22N2O2S/c1-13-8-9-17(19-16(13)10-11-22(2,3)26-19)18-20(27-21(23)24-18)14-6-5-7-15(12-14)25-4/h5-12H,1-4H3,(H2,23,24). The van der Waals surface area contributed by atoms with Crippen LogP contribution in [0.5, 0.6) is 11.5 Å². The summed E-state index contributed by atoms with van der Waals surface area (Å²) >= 11 is 1.47. The van der Waals surface area contributed by atoms with E-state index in [1.54, 1.807) is 7.11 Å². The molecule has 2 N–H and O–H groups in total. The van der Waals surface area contributed by atoms with Crippen molar-refractivity contribution >= 4 is 22.5 Å². The minimum atomic E-state index is -0.368. The van der Waals surface area contributed by atoms with E-state index in [-0.39, 0.29) is 5.60 Å². The SMILES string of the molecule is COc1cccc(-c2sc(N)nc2-c2ccc(C)c3c2OC(C)(C)C=C3)c1. The smallest absolute Gasteiger partial charge is 0.181 e. The molecule has 1 aliphatic rings. The molecule has 4 rings (SSSR count). The molecule has 3 aromatic rings. The monoisotopic (exact) mass is 378 g/mol. The molecule has 0 amide bonds. The number of aryl methyl sites for hydroxylation is 1. The van der Waals surface area contributed by atoms with Crippen molar-refractivity contribution in [3.8, 4) is 33.2 Å². The molecular formula is C22H22N2O2S. The Labute approximate surface area is 163 Å². The summed E-state index contributed by atoms with van der Waals surface area (Å²) in [4.78, 5) is 5.66. The van der Waals surface area contributed by atoms with E-state index in [1.165, 1.54) is 16.9 Å². The van der Waals surface area contributed by atoms with Crippen LogP contribution < -0.4 is 15.2 Å². The molecule has 1 aliphatic heterocycles. The van der Waals surface area contributed by atoms with Crippen molar-refractivity contribution in [2.24, 2.45) is 0 Å². The second kappa shape index (κ2) is 6.43. The maximum atomic E-state index is 6.34. The number of methoxy groups -OCH3 is 1. The Balaban J connectivity index is 1.93. The molecule has 2 aromatic carbocycles. The van der Waals surface area contributed by atoms with Gasteiger partial charge in [0.05, 0.1) is 17.7 Å². The summed E-state index contributed by atoms with van der Waals surface area (Å²) in [5.41, 5.74) is 10.8. The van der Waals surface area contributed by atoms with E-state index >= 15 is 0 Å². The predicted octanol–water partition coefficient (Wildman–Crippen LogP) is 5.56. The molecule has 0 radical (unpaired) electrons. The number of rotatable bonds is 3. The number of thiazole rings is 1. The molecule has 0 spiro atoms. The number of nitrogens with two attached hydrogens (primary N) is 1. The highest BCUT2D eigenvalue weighted by atomic mass is 32.1. The molecule has 5 heteroatoms. The fraction of sp³-hybridized carbons (Fsp3) is 0.227. The first-order valence-corrected chi connectivity index (χ1v) is 9.62. The summed E-state index contributed by atoms with van der Waals surface area (Å²) in [6, 6.07) is 12.1. The Morgan fingerprint density at radius 1 is 1.19 bits per heavy atom. The Morgan fingerprint density at radius 2 is 2.00 bits per heavy atom. The third-order valence-electron chi connectivity index (χ3n) is 4.66. The van der Waals surface area contributed by atoms with Crippen LogP contribution in [0.1, 0.15) is 25.0 Å². The van der Waals surface area contributed by atoms with Gasteiger partial charge in [-0.3, -0.25) is 0 Å². The van der Waals surface area contributed by atoms with Crippen LogP contribution in [0, 0.1) is 6.92 Å². The van der Waals surface area contributed by atoms with Crippen LogP contribution in [0.15, 0.2) is 42.5 Å². The zero-order valence-electron chi connectivity index (χ0n) is 15.9. The molecule has 2 heterocycles. The first-order chi connectivity index (χ1) is 12.9. The molecular weight excluding hydrogens is 356 g/mol. The number of aromatic nitrogens is 1. The van der Waals surface area contributed by atoms with Gasteiger partial charge in [-0.15, -0.1) is 0 Å². The van der Waals surface area contributed by atoms with Gasteiger partial charge in [0.2, 0.25) is 0 Å². The highest BCUT2D eigenvalue weighted by Gasteiger charge is 2.27. The average Bonchev–Trinajstić information content (AvgIpc) is 3.02. The van der Waals surface area contributed by atoms with E-state index < -0.39 is 0 Å². The molecule has 4 nitrogen and oxygen atoms in total.